The van der Waals surface area contributed by atoms with Crippen molar-refractivity contribution in [2.24, 2.45) is 0 Å². The number of carbonyl (C=O) groups excluding carboxylic acids is 2. The molecule has 2 amide bonds. The largest absolute Gasteiger partial charge is 0.497 e. The van der Waals surface area contributed by atoms with Gasteiger partial charge in [0, 0.05) is 12.1 Å². The number of ether oxygens (including phenoxy) is 1. The molecule has 238 valence electrons. The van der Waals surface area contributed by atoms with E-state index in [1.165, 1.54) is 43.2 Å². The zero-order valence-electron chi connectivity index (χ0n) is 25.2. The second-order valence-corrected chi connectivity index (χ2v) is 13.5. The predicted octanol–water partition coefficient (Wildman–Crippen LogP) is 6.20. The van der Waals surface area contributed by atoms with Crippen molar-refractivity contribution in [1.82, 2.24) is 10.2 Å². The number of alkyl halides is 3. The van der Waals surface area contributed by atoms with Gasteiger partial charge in [-0.15, -0.1) is 0 Å². The highest BCUT2D eigenvalue weighted by Crippen LogP contribution is 2.38. The third-order valence-electron chi connectivity index (χ3n) is 6.61. The SMILES string of the molecule is COc1ccc(CN(C(=O)CN(c2ccc(Cl)c(C(F)(F)F)c2)S(=O)(=O)c2ccc(C)cc2)[C@@H](C)C(=O)NC(C)(C)C)cc1. The van der Waals surface area contributed by atoms with Crippen LogP contribution >= 0.6 is 11.6 Å². The van der Waals surface area contributed by atoms with Crippen molar-refractivity contribution < 1.29 is 35.9 Å². The third-order valence-corrected chi connectivity index (χ3v) is 8.73. The fourth-order valence-electron chi connectivity index (χ4n) is 4.24. The Morgan fingerprint density at radius 1 is 0.977 bits per heavy atom. The number of methoxy groups -OCH3 is 1. The summed E-state index contributed by atoms with van der Waals surface area (Å²) in [5, 5.41) is 2.18. The molecule has 0 aromatic heterocycles. The smallest absolute Gasteiger partial charge is 0.417 e. The zero-order chi connectivity index (χ0) is 33.0. The topological polar surface area (TPSA) is 96.0 Å². The molecule has 1 atom stereocenters. The van der Waals surface area contributed by atoms with Gasteiger partial charge in [0.2, 0.25) is 11.8 Å². The van der Waals surface area contributed by atoms with Crippen molar-refractivity contribution in [3.05, 3.63) is 88.4 Å². The van der Waals surface area contributed by atoms with Crippen LogP contribution in [0.4, 0.5) is 18.9 Å². The number of benzene rings is 3. The molecule has 0 unspecified atom stereocenters. The molecule has 3 rings (SSSR count). The summed E-state index contributed by atoms with van der Waals surface area (Å²) in [7, 11) is -3.08. The lowest BCUT2D eigenvalue weighted by Crippen LogP contribution is -2.54. The molecule has 0 spiro atoms. The van der Waals surface area contributed by atoms with Crippen molar-refractivity contribution in [2.75, 3.05) is 18.0 Å². The van der Waals surface area contributed by atoms with Gasteiger partial charge in [0.05, 0.1) is 28.3 Å². The minimum absolute atomic E-state index is 0.103. The van der Waals surface area contributed by atoms with Crippen LogP contribution in [0.25, 0.3) is 0 Å². The number of amides is 2. The Labute approximate surface area is 260 Å². The Balaban J connectivity index is 2.12. The Hall–Kier alpha value is -3.77. The lowest BCUT2D eigenvalue weighted by Gasteiger charge is -2.33. The lowest BCUT2D eigenvalue weighted by molar-refractivity contribution is -0.140. The maximum Gasteiger partial charge on any atom is 0.417 e. The van der Waals surface area contributed by atoms with Gasteiger partial charge in [0.25, 0.3) is 10.0 Å². The number of anilines is 1. The first-order chi connectivity index (χ1) is 20.3. The molecular weight excluding hydrogens is 619 g/mol. The van der Waals surface area contributed by atoms with Crippen molar-refractivity contribution in [3.8, 4) is 5.75 Å². The maximum absolute atomic E-state index is 14.0. The Morgan fingerprint density at radius 3 is 2.09 bits per heavy atom. The van der Waals surface area contributed by atoms with E-state index in [-0.39, 0.29) is 11.4 Å². The number of hydrogen-bond acceptors (Lipinski definition) is 5. The number of nitrogens with one attached hydrogen (secondary N) is 1. The summed E-state index contributed by atoms with van der Waals surface area (Å²) in [4.78, 5) is 28.2. The van der Waals surface area contributed by atoms with Gasteiger partial charge in [-0.25, -0.2) is 8.42 Å². The van der Waals surface area contributed by atoms with Gasteiger partial charge in [-0.05, 0) is 82.6 Å². The number of rotatable bonds is 10. The van der Waals surface area contributed by atoms with Crippen LogP contribution in [0, 0.1) is 6.92 Å². The number of aryl methyl sites for hydroxylation is 1. The van der Waals surface area contributed by atoms with E-state index < -0.39 is 62.4 Å². The normalized spacial score (nSPS) is 12.8. The van der Waals surface area contributed by atoms with E-state index in [2.05, 4.69) is 5.32 Å². The van der Waals surface area contributed by atoms with Crippen molar-refractivity contribution >= 4 is 39.1 Å². The van der Waals surface area contributed by atoms with Gasteiger partial charge in [0.1, 0.15) is 18.3 Å². The molecule has 44 heavy (non-hydrogen) atoms. The monoisotopic (exact) mass is 653 g/mol. The second kappa shape index (κ2) is 13.5. The molecule has 3 aromatic carbocycles. The molecular formula is C31H35ClF3N3O5S. The Morgan fingerprint density at radius 2 is 1.57 bits per heavy atom. The Kier molecular flexibility index (Phi) is 10.6. The van der Waals surface area contributed by atoms with Crippen LogP contribution in [0.1, 0.15) is 44.4 Å². The molecule has 13 heteroatoms. The summed E-state index contributed by atoms with van der Waals surface area (Å²) < 4.78 is 75.0. The Bertz CT molecular complexity index is 1590. The molecule has 0 fully saturated rings. The lowest BCUT2D eigenvalue weighted by atomic mass is 10.1. The quantitative estimate of drug-likeness (QED) is 0.281. The fourth-order valence-corrected chi connectivity index (χ4v) is 5.87. The first kappa shape index (κ1) is 34.7. The van der Waals surface area contributed by atoms with Crippen LogP contribution in [-0.2, 0) is 32.3 Å². The van der Waals surface area contributed by atoms with Crippen molar-refractivity contribution in [1.29, 1.82) is 0 Å². The van der Waals surface area contributed by atoms with E-state index >= 15 is 0 Å². The van der Waals surface area contributed by atoms with Crippen molar-refractivity contribution in [2.45, 2.75) is 63.8 Å². The highest BCUT2D eigenvalue weighted by molar-refractivity contribution is 7.92. The average Bonchev–Trinajstić information content (AvgIpc) is 2.93. The van der Waals surface area contributed by atoms with Gasteiger partial charge in [-0.1, -0.05) is 41.4 Å². The number of sulfonamides is 1. The molecule has 8 nitrogen and oxygen atoms in total. The highest BCUT2D eigenvalue weighted by Gasteiger charge is 2.37. The first-order valence-electron chi connectivity index (χ1n) is 13.5. The molecule has 0 aliphatic carbocycles. The molecule has 0 aliphatic heterocycles. The number of nitrogens with zero attached hydrogens (tertiary/aromatic N) is 2. The van der Waals surface area contributed by atoms with E-state index in [1.807, 2.05) is 0 Å². The van der Waals surface area contributed by atoms with Gasteiger partial charge >= 0.3 is 6.18 Å². The van der Waals surface area contributed by atoms with E-state index in [4.69, 9.17) is 16.3 Å². The summed E-state index contributed by atoms with van der Waals surface area (Å²) in [6, 6.07) is 13.9. The number of carbonyl (C=O) groups is 2. The van der Waals surface area contributed by atoms with Gasteiger partial charge in [-0.2, -0.15) is 13.2 Å². The molecule has 0 saturated heterocycles. The molecule has 1 N–H and O–H groups in total. The van der Waals surface area contributed by atoms with E-state index in [0.29, 0.717) is 21.7 Å². The van der Waals surface area contributed by atoms with E-state index in [9.17, 15) is 31.2 Å². The highest BCUT2D eigenvalue weighted by atomic mass is 35.5. The maximum atomic E-state index is 14.0. The zero-order valence-corrected chi connectivity index (χ0v) is 26.8. The molecule has 0 aliphatic rings. The third kappa shape index (κ3) is 8.66. The van der Waals surface area contributed by atoms with Crippen LogP contribution in [0.5, 0.6) is 5.75 Å². The second-order valence-electron chi connectivity index (χ2n) is 11.3. The minimum Gasteiger partial charge on any atom is -0.497 e. The van der Waals surface area contributed by atoms with Crippen molar-refractivity contribution in [3.63, 3.8) is 0 Å². The number of halogens is 4. The van der Waals surface area contributed by atoms with Crippen LogP contribution in [-0.4, -0.2) is 50.4 Å². The summed E-state index contributed by atoms with van der Waals surface area (Å²) in [6.45, 7) is 7.53. The number of hydrogen-bond donors (Lipinski definition) is 1. The first-order valence-corrected chi connectivity index (χ1v) is 15.4. The molecule has 0 saturated carbocycles. The van der Waals surface area contributed by atoms with Gasteiger partial charge in [-0.3, -0.25) is 13.9 Å². The van der Waals surface area contributed by atoms with Crippen LogP contribution in [0.15, 0.2) is 71.6 Å². The van der Waals surface area contributed by atoms with Crippen LogP contribution in [0.3, 0.4) is 0 Å². The summed E-state index contributed by atoms with van der Waals surface area (Å²) >= 11 is 5.81. The predicted molar refractivity (Wildman–Crippen MR) is 163 cm³/mol. The summed E-state index contributed by atoms with van der Waals surface area (Å²) in [5.74, 6) is -0.765. The minimum atomic E-state index is -4.89. The van der Waals surface area contributed by atoms with Gasteiger partial charge in [0.15, 0.2) is 0 Å². The standard InChI is InChI=1S/C31H35ClF3N3O5S/c1-20-7-14-25(15-8-20)44(41,42)38(23-11-16-27(32)26(17-23)31(33,34)35)19-28(39)37(21(2)29(40)36-30(3,4)5)18-22-9-12-24(43-6)13-10-22/h7-17,21H,18-19H2,1-6H3,(H,36,40)/t21-/m0/s1. The van der Waals surface area contributed by atoms with Gasteiger partial charge < -0.3 is 15.0 Å². The molecule has 0 bridgehead atoms. The van der Waals surface area contributed by atoms with Crippen LogP contribution in [0.2, 0.25) is 5.02 Å². The average molecular weight is 654 g/mol. The van der Waals surface area contributed by atoms with Crippen LogP contribution < -0.4 is 14.4 Å². The fraction of sp³-hybridized carbons (Fsp3) is 0.355. The summed E-state index contributed by atoms with van der Waals surface area (Å²) in [5.41, 5.74) is -0.971. The molecule has 3 aromatic rings. The molecule has 0 heterocycles. The van der Waals surface area contributed by atoms with E-state index in [0.717, 1.165) is 17.7 Å². The summed E-state index contributed by atoms with van der Waals surface area (Å²) in [6.07, 6.45) is -4.89. The molecule has 0 radical (unpaired) electrons. The van der Waals surface area contributed by atoms with E-state index in [1.54, 1.807) is 52.0 Å².